The van der Waals surface area contributed by atoms with Crippen LogP contribution in [0.1, 0.15) is 27.7 Å². The van der Waals surface area contributed by atoms with Crippen LogP contribution in [0.5, 0.6) is 0 Å². The number of rotatable bonds is 3. The predicted octanol–water partition coefficient (Wildman–Crippen LogP) is 1.78. The second-order valence-corrected chi connectivity index (χ2v) is 7.24. The summed E-state index contributed by atoms with van der Waals surface area (Å²) in [5.74, 6) is -1.06. The van der Waals surface area contributed by atoms with E-state index in [9.17, 15) is 14.3 Å². The number of carbonyl (C=O) groups is 1. The molecule has 0 saturated carbocycles. The summed E-state index contributed by atoms with van der Waals surface area (Å²) < 4.78 is 11.5. The minimum Gasteiger partial charge on any atom is -0.481 e. The standard InChI is InChI=1S/C8H17O4P/c1-7(2,6(9)10)8(3,4)13(5,11)12/h1-5H3,(H,9,10)(H,11,12). The molecule has 5 heteroatoms. The molecule has 0 spiro atoms. The third kappa shape index (κ3) is 1.94. The topological polar surface area (TPSA) is 74.6 Å². The zero-order chi connectivity index (χ0) is 11.1. The Kier molecular flexibility index (Phi) is 3.02. The van der Waals surface area contributed by atoms with Crippen molar-refractivity contribution < 1.29 is 19.4 Å². The molecule has 4 nitrogen and oxygen atoms in total. The lowest BCUT2D eigenvalue weighted by Crippen LogP contribution is -2.44. The molecule has 1 unspecified atom stereocenters. The smallest absolute Gasteiger partial charge is 0.310 e. The molecular formula is C8H17O4P. The number of aliphatic carboxylic acids is 1. The quantitative estimate of drug-likeness (QED) is 0.693. The third-order valence-corrected chi connectivity index (χ3v) is 5.73. The summed E-state index contributed by atoms with van der Waals surface area (Å²) in [6.45, 7) is 7.12. The molecule has 0 bridgehead atoms. The van der Waals surface area contributed by atoms with E-state index in [1.54, 1.807) is 0 Å². The molecule has 0 radical (unpaired) electrons. The highest BCUT2D eigenvalue weighted by Gasteiger charge is 2.52. The Balaban J connectivity index is 5.29. The molecule has 0 aliphatic rings. The highest BCUT2D eigenvalue weighted by atomic mass is 31.2. The van der Waals surface area contributed by atoms with Crippen molar-refractivity contribution in [2.45, 2.75) is 32.9 Å². The summed E-state index contributed by atoms with van der Waals surface area (Å²) in [5.41, 5.74) is -1.22. The Morgan fingerprint density at radius 2 is 1.54 bits per heavy atom. The molecule has 0 heterocycles. The SMILES string of the molecule is CC(C)(C(=O)O)C(C)(C)P(C)(=O)O. The molecule has 78 valence electrons. The van der Waals surface area contributed by atoms with E-state index >= 15 is 0 Å². The molecule has 0 aromatic carbocycles. The lowest BCUT2D eigenvalue weighted by atomic mass is 9.80. The monoisotopic (exact) mass is 208 g/mol. The maximum Gasteiger partial charge on any atom is 0.310 e. The summed E-state index contributed by atoms with van der Waals surface area (Å²) in [4.78, 5) is 20.3. The van der Waals surface area contributed by atoms with Gasteiger partial charge < -0.3 is 10.00 Å². The Morgan fingerprint density at radius 3 is 1.62 bits per heavy atom. The summed E-state index contributed by atoms with van der Waals surface area (Å²) >= 11 is 0. The highest BCUT2D eigenvalue weighted by Crippen LogP contribution is 2.59. The Hall–Kier alpha value is -0.340. The van der Waals surface area contributed by atoms with Crippen LogP contribution in [-0.4, -0.2) is 27.8 Å². The molecule has 0 aliphatic carbocycles. The summed E-state index contributed by atoms with van der Waals surface area (Å²) in [7, 11) is -3.42. The maximum atomic E-state index is 11.5. The van der Waals surface area contributed by atoms with Crippen molar-refractivity contribution in [3.63, 3.8) is 0 Å². The molecule has 0 saturated heterocycles. The molecule has 1 atom stereocenters. The van der Waals surface area contributed by atoms with Gasteiger partial charge in [-0.3, -0.25) is 9.36 Å². The number of hydrogen-bond acceptors (Lipinski definition) is 2. The zero-order valence-electron chi connectivity index (χ0n) is 8.66. The van der Waals surface area contributed by atoms with Crippen LogP contribution < -0.4 is 0 Å². The van der Waals surface area contributed by atoms with Crippen molar-refractivity contribution >= 4 is 13.3 Å². The maximum absolute atomic E-state index is 11.5. The van der Waals surface area contributed by atoms with Crippen LogP contribution in [0.4, 0.5) is 0 Å². The van der Waals surface area contributed by atoms with E-state index in [-0.39, 0.29) is 0 Å². The van der Waals surface area contributed by atoms with Gasteiger partial charge in [0.25, 0.3) is 0 Å². The fourth-order valence-corrected chi connectivity index (χ4v) is 1.91. The molecule has 0 aliphatic heterocycles. The second kappa shape index (κ2) is 3.10. The van der Waals surface area contributed by atoms with Crippen molar-refractivity contribution in [2.75, 3.05) is 6.66 Å². The first-order chi connectivity index (χ1) is 5.44. The summed E-state index contributed by atoms with van der Waals surface area (Å²) in [6, 6.07) is 0. The lowest BCUT2D eigenvalue weighted by molar-refractivity contribution is -0.148. The van der Waals surface area contributed by atoms with E-state index in [1.807, 2.05) is 0 Å². The van der Waals surface area contributed by atoms with Crippen LogP contribution in [0.3, 0.4) is 0 Å². The normalized spacial score (nSPS) is 18.0. The van der Waals surface area contributed by atoms with Gasteiger partial charge in [-0.1, -0.05) is 0 Å². The Bertz CT molecular complexity index is 261. The Labute approximate surface area is 78.4 Å². The average molecular weight is 208 g/mol. The van der Waals surface area contributed by atoms with Gasteiger partial charge in [-0.2, -0.15) is 0 Å². The van der Waals surface area contributed by atoms with Crippen molar-refractivity contribution in [1.29, 1.82) is 0 Å². The largest absolute Gasteiger partial charge is 0.481 e. The van der Waals surface area contributed by atoms with E-state index in [1.165, 1.54) is 34.4 Å². The highest BCUT2D eigenvalue weighted by molar-refractivity contribution is 7.58. The van der Waals surface area contributed by atoms with Gasteiger partial charge in [0.15, 0.2) is 0 Å². The van der Waals surface area contributed by atoms with E-state index in [0.29, 0.717) is 0 Å². The predicted molar refractivity (Wildman–Crippen MR) is 51.2 cm³/mol. The van der Waals surface area contributed by atoms with Crippen LogP contribution in [0.2, 0.25) is 0 Å². The second-order valence-electron chi connectivity index (χ2n) is 4.37. The number of hydrogen-bond donors (Lipinski definition) is 2. The minimum absolute atomic E-state index is 1.06. The van der Waals surface area contributed by atoms with Gasteiger partial charge in [0.2, 0.25) is 7.37 Å². The van der Waals surface area contributed by atoms with E-state index in [0.717, 1.165) is 0 Å². The minimum atomic E-state index is -3.42. The van der Waals surface area contributed by atoms with E-state index in [4.69, 9.17) is 5.11 Å². The molecule has 0 fully saturated rings. The molecule has 13 heavy (non-hydrogen) atoms. The van der Waals surface area contributed by atoms with Crippen LogP contribution in [0, 0.1) is 5.41 Å². The van der Waals surface area contributed by atoms with Crippen LogP contribution >= 0.6 is 7.37 Å². The number of carboxylic acid groups (broad SMARTS) is 1. The molecule has 0 aromatic rings. The molecular weight excluding hydrogens is 191 g/mol. The molecule has 0 amide bonds. The van der Waals surface area contributed by atoms with Gasteiger partial charge in [0.1, 0.15) is 0 Å². The fourth-order valence-electron chi connectivity index (χ4n) is 0.780. The van der Waals surface area contributed by atoms with Crippen molar-refractivity contribution in [1.82, 2.24) is 0 Å². The lowest BCUT2D eigenvalue weighted by Gasteiger charge is -2.39. The molecule has 0 aromatic heterocycles. The van der Waals surface area contributed by atoms with Crippen molar-refractivity contribution in [3.05, 3.63) is 0 Å². The molecule has 0 rings (SSSR count). The van der Waals surface area contributed by atoms with Gasteiger partial charge in [-0.15, -0.1) is 0 Å². The van der Waals surface area contributed by atoms with E-state index in [2.05, 4.69) is 0 Å². The fraction of sp³-hybridized carbons (Fsp3) is 0.875. The Morgan fingerprint density at radius 1 is 1.23 bits per heavy atom. The summed E-state index contributed by atoms with van der Waals surface area (Å²) in [6.07, 6.45) is 0. The van der Waals surface area contributed by atoms with E-state index < -0.39 is 23.9 Å². The van der Waals surface area contributed by atoms with Gasteiger partial charge in [0, 0.05) is 6.66 Å². The first-order valence-corrected chi connectivity index (χ1v) is 6.09. The van der Waals surface area contributed by atoms with Gasteiger partial charge >= 0.3 is 5.97 Å². The zero-order valence-corrected chi connectivity index (χ0v) is 9.55. The van der Waals surface area contributed by atoms with Crippen LogP contribution in [0.15, 0.2) is 0 Å². The van der Waals surface area contributed by atoms with Crippen molar-refractivity contribution in [3.8, 4) is 0 Å². The number of carboxylic acids is 1. The van der Waals surface area contributed by atoms with Crippen LogP contribution in [-0.2, 0) is 9.36 Å². The first kappa shape index (κ1) is 12.7. The summed E-state index contributed by atoms with van der Waals surface area (Å²) in [5, 5.41) is 7.77. The van der Waals surface area contributed by atoms with Crippen LogP contribution in [0.25, 0.3) is 0 Å². The first-order valence-electron chi connectivity index (χ1n) is 3.98. The third-order valence-electron chi connectivity index (χ3n) is 3.10. The van der Waals surface area contributed by atoms with Crippen molar-refractivity contribution in [2.24, 2.45) is 5.41 Å². The molecule has 2 N–H and O–H groups in total. The average Bonchev–Trinajstić information content (AvgIpc) is 1.84. The van der Waals surface area contributed by atoms with Gasteiger partial charge in [0.05, 0.1) is 10.6 Å². The van der Waals surface area contributed by atoms with Gasteiger partial charge in [-0.25, -0.2) is 0 Å². The van der Waals surface area contributed by atoms with Gasteiger partial charge in [-0.05, 0) is 27.7 Å².